The quantitative estimate of drug-likeness (QED) is 0.771. The molecule has 0 spiro atoms. The van der Waals surface area contributed by atoms with Gasteiger partial charge in [-0.15, -0.1) is 0 Å². The van der Waals surface area contributed by atoms with Gasteiger partial charge in [0.15, 0.2) is 0 Å². The van der Waals surface area contributed by atoms with Crippen molar-refractivity contribution in [1.29, 1.82) is 0 Å². The van der Waals surface area contributed by atoms with Gasteiger partial charge < -0.3 is 14.4 Å². The van der Waals surface area contributed by atoms with Crippen LogP contribution in [0.25, 0.3) is 0 Å². The van der Waals surface area contributed by atoms with Crippen LogP contribution in [-0.2, 0) is 14.3 Å². The van der Waals surface area contributed by atoms with Crippen LogP contribution >= 0.6 is 0 Å². The van der Waals surface area contributed by atoms with E-state index in [0.29, 0.717) is 26.4 Å². The van der Waals surface area contributed by atoms with Gasteiger partial charge in [0.2, 0.25) is 5.91 Å². The maximum atomic E-state index is 13.0. The van der Waals surface area contributed by atoms with Crippen molar-refractivity contribution in [2.24, 2.45) is 0 Å². The lowest BCUT2D eigenvalue weighted by Crippen LogP contribution is -2.33. The van der Waals surface area contributed by atoms with Gasteiger partial charge in [-0.05, 0) is 24.6 Å². The van der Waals surface area contributed by atoms with Crippen molar-refractivity contribution in [2.45, 2.75) is 19.1 Å². The topological polar surface area (TPSA) is 50.8 Å². The Bertz CT molecular complexity index is 466. The summed E-state index contributed by atoms with van der Waals surface area (Å²) in [6.45, 7) is 3.79. The fourth-order valence-electron chi connectivity index (χ4n) is 2.34. The molecule has 0 bridgehead atoms. The zero-order valence-electron chi connectivity index (χ0n) is 12.3. The number of hydrogen-bond acceptors (Lipinski definition) is 4. The molecule has 2 atom stereocenters. The first kappa shape index (κ1) is 15.9. The molecule has 116 valence electrons. The molecular formula is C15H21FN2O3. The summed E-state index contributed by atoms with van der Waals surface area (Å²) < 4.78 is 23.3. The predicted octanol–water partition coefficient (Wildman–Crippen LogP) is 1.31. The summed E-state index contributed by atoms with van der Waals surface area (Å²) in [4.78, 5) is 13.9. The largest absolute Gasteiger partial charge is 0.382 e. The number of carbonyl (C=O) groups is 1. The normalized spacial score (nSPS) is 22.0. The van der Waals surface area contributed by atoms with Crippen molar-refractivity contribution >= 4 is 5.91 Å². The van der Waals surface area contributed by atoms with Crippen LogP contribution in [0, 0.1) is 5.82 Å². The van der Waals surface area contributed by atoms with E-state index in [9.17, 15) is 9.18 Å². The lowest BCUT2D eigenvalue weighted by molar-refractivity contribution is -0.130. The Kier molecular flexibility index (Phi) is 5.67. The SMILES string of the molecule is COCCOCCN1C(=O)C(C)NC1c1ccc(F)cc1. The van der Waals surface area contributed by atoms with E-state index in [4.69, 9.17) is 9.47 Å². The predicted molar refractivity (Wildman–Crippen MR) is 76.1 cm³/mol. The van der Waals surface area contributed by atoms with E-state index in [2.05, 4.69) is 5.32 Å². The number of halogens is 1. The highest BCUT2D eigenvalue weighted by atomic mass is 19.1. The lowest BCUT2D eigenvalue weighted by Gasteiger charge is -2.24. The van der Waals surface area contributed by atoms with Crippen LogP contribution in [0.3, 0.4) is 0 Å². The summed E-state index contributed by atoms with van der Waals surface area (Å²) in [5, 5.41) is 3.22. The summed E-state index contributed by atoms with van der Waals surface area (Å²) in [7, 11) is 1.61. The number of carbonyl (C=O) groups excluding carboxylic acids is 1. The molecule has 0 saturated carbocycles. The van der Waals surface area contributed by atoms with Gasteiger partial charge in [-0.2, -0.15) is 0 Å². The standard InChI is InChI=1S/C15H21FN2O3/c1-11-15(19)18(7-8-21-10-9-20-2)14(17-11)12-3-5-13(16)6-4-12/h3-6,11,14,17H,7-10H2,1-2H3. The molecule has 1 fully saturated rings. The van der Waals surface area contributed by atoms with Gasteiger partial charge >= 0.3 is 0 Å². The third-order valence-electron chi connectivity index (χ3n) is 3.47. The van der Waals surface area contributed by atoms with E-state index >= 15 is 0 Å². The van der Waals surface area contributed by atoms with Gasteiger partial charge in [-0.25, -0.2) is 4.39 Å². The number of nitrogens with one attached hydrogen (secondary N) is 1. The Balaban J connectivity index is 1.98. The molecule has 2 unspecified atom stereocenters. The average Bonchev–Trinajstić information content (AvgIpc) is 2.76. The van der Waals surface area contributed by atoms with Crippen molar-refractivity contribution in [3.63, 3.8) is 0 Å². The molecule has 1 aliphatic heterocycles. The zero-order chi connectivity index (χ0) is 15.2. The molecule has 2 rings (SSSR count). The molecule has 1 amide bonds. The van der Waals surface area contributed by atoms with Crippen LogP contribution in [0.1, 0.15) is 18.7 Å². The number of benzene rings is 1. The van der Waals surface area contributed by atoms with Crippen LogP contribution in [0.15, 0.2) is 24.3 Å². The molecular weight excluding hydrogens is 275 g/mol. The van der Waals surface area contributed by atoms with Gasteiger partial charge in [0, 0.05) is 13.7 Å². The highest BCUT2D eigenvalue weighted by Crippen LogP contribution is 2.25. The Labute approximate surface area is 124 Å². The summed E-state index contributed by atoms with van der Waals surface area (Å²) in [5.41, 5.74) is 0.867. The number of methoxy groups -OCH3 is 1. The minimum Gasteiger partial charge on any atom is -0.382 e. The second-order valence-electron chi connectivity index (χ2n) is 4.98. The highest BCUT2D eigenvalue weighted by molar-refractivity contribution is 5.84. The molecule has 1 aliphatic rings. The lowest BCUT2D eigenvalue weighted by atomic mass is 10.1. The van der Waals surface area contributed by atoms with Crippen molar-refractivity contribution in [2.75, 3.05) is 33.5 Å². The Morgan fingerprint density at radius 3 is 2.62 bits per heavy atom. The second kappa shape index (κ2) is 7.49. The number of rotatable bonds is 7. The van der Waals surface area contributed by atoms with E-state index in [1.807, 2.05) is 6.92 Å². The van der Waals surface area contributed by atoms with Gasteiger partial charge in [-0.3, -0.25) is 10.1 Å². The Morgan fingerprint density at radius 1 is 1.24 bits per heavy atom. The number of ether oxygens (including phenoxy) is 2. The molecule has 1 heterocycles. The molecule has 1 saturated heterocycles. The van der Waals surface area contributed by atoms with Crippen LogP contribution in [0.2, 0.25) is 0 Å². The van der Waals surface area contributed by atoms with E-state index in [1.165, 1.54) is 12.1 Å². The molecule has 1 N–H and O–H groups in total. The molecule has 5 nitrogen and oxygen atoms in total. The number of nitrogens with zero attached hydrogens (tertiary/aromatic N) is 1. The summed E-state index contributed by atoms with van der Waals surface area (Å²) in [6.07, 6.45) is -0.237. The first-order valence-corrected chi connectivity index (χ1v) is 7.02. The van der Waals surface area contributed by atoms with Crippen LogP contribution in [0.4, 0.5) is 4.39 Å². The molecule has 6 heteroatoms. The van der Waals surface area contributed by atoms with Gasteiger partial charge in [0.25, 0.3) is 0 Å². The van der Waals surface area contributed by atoms with Crippen molar-refractivity contribution in [3.05, 3.63) is 35.6 Å². The maximum Gasteiger partial charge on any atom is 0.241 e. The molecule has 1 aromatic rings. The van der Waals surface area contributed by atoms with Crippen LogP contribution in [0.5, 0.6) is 0 Å². The van der Waals surface area contributed by atoms with Crippen molar-refractivity contribution in [1.82, 2.24) is 10.2 Å². The first-order valence-electron chi connectivity index (χ1n) is 7.02. The van der Waals surface area contributed by atoms with E-state index in [-0.39, 0.29) is 23.9 Å². The second-order valence-corrected chi connectivity index (χ2v) is 4.98. The molecule has 1 aromatic carbocycles. The van der Waals surface area contributed by atoms with Crippen LogP contribution < -0.4 is 5.32 Å². The third kappa shape index (κ3) is 4.00. The van der Waals surface area contributed by atoms with E-state index < -0.39 is 0 Å². The van der Waals surface area contributed by atoms with Gasteiger partial charge in [0.05, 0.1) is 25.9 Å². The summed E-state index contributed by atoms with van der Waals surface area (Å²) >= 11 is 0. The van der Waals surface area contributed by atoms with Gasteiger partial charge in [0.1, 0.15) is 12.0 Å². The number of amides is 1. The molecule has 0 aliphatic carbocycles. The van der Waals surface area contributed by atoms with Crippen molar-refractivity contribution < 1.29 is 18.7 Å². The van der Waals surface area contributed by atoms with E-state index in [0.717, 1.165) is 5.56 Å². The van der Waals surface area contributed by atoms with Crippen LogP contribution in [-0.4, -0.2) is 50.3 Å². The monoisotopic (exact) mass is 296 g/mol. The van der Waals surface area contributed by atoms with Crippen molar-refractivity contribution in [3.8, 4) is 0 Å². The fourth-order valence-corrected chi connectivity index (χ4v) is 2.34. The Morgan fingerprint density at radius 2 is 1.95 bits per heavy atom. The highest BCUT2D eigenvalue weighted by Gasteiger charge is 2.36. The summed E-state index contributed by atoms with van der Waals surface area (Å²) in [6, 6.07) is 5.93. The third-order valence-corrected chi connectivity index (χ3v) is 3.47. The molecule has 0 aromatic heterocycles. The molecule has 0 radical (unpaired) electrons. The van der Waals surface area contributed by atoms with E-state index in [1.54, 1.807) is 24.1 Å². The number of hydrogen-bond donors (Lipinski definition) is 1. The first-order chi connectivity index (χ1) is 10.1. The van der Waals surface area contributed by atoms with Gasteiger partial charge in [-0.1, -0.05) is 12.1 Å². The maximum absolute atomic E-state index is 13.0. The fraction of sp³-hybridized carbons (Fsp3) is 0.533. The summed E-state index contributed by atoms with van der Waals surface area (Å²) in [5.74, 6) is -0.259. The zero-order valence-corrected chi connectivity index (χ0v) is 12.3. The minimum absolute atomic E-state index is 0.0275. The average molecular weight is 296 g/mol. The Hall–Kier alpha value is -1.50. The smallest absolute Gasteiger partial charge is 0.241 e. The molecule has 21 heavy (non-hydrogen) atoms. The minimum atomic E-state index is -0.287.